The van der Waals surface area contributed by atoms with Gasteiger partial charge < -0.3 is 4.74 Å². The van der Waals surface area contributed by atoms with Crippen molar-refractivity contribution in [3.8, 4) is 0 Å². The summed E-state index contributed by atoms with van der Waals surface area (Å²) < 4.78 is 5.41. The first kappa shape index (κ1) is 6.81. The van der Waals surface area contributed by atoms with E-state index in [1.165, 1.54) is 18.4 Å². The molecular formula is C8H14O. The fourth-order valence-electron chi connectivity index (χ4n) is 0.726. The summed E-state index contributed by atoms with van der Waals surface area (Å²) in [5.41, 5.74) is 1.27. The van der Waals surface area contributed by atoms with Gasteiger partial charge in [0, 0.05) is 13.0 Å². The van der Waals surface area contributed by atoms with E-state index in [9.17, 15) is 0 Å². The Morgan fingerprint density at radius 1 is 1.78 bits per heavy atom. The molecular weight excluding hydrogens is 112 g/mol. The molecule has 0 radical (unpaired) electrons. The van der Waals surface area contributed by atoms with Crippen LogP contribution in [0, 0.1) is 0 Å². The molecule has 1 rings (SSSR count). The van der Waals surface area contributed by atoms with E-state index in [-0.39, 0.29) is 0 Å². The van der Waals surface area contributed by atoms with E-state index in [1.54, 1.807) is 0 Å². The van der Waals surface area contributed by atoms with Crippen LogP contribution in [-0.4, -0.2) is 12.7 Å². The summed E-state index contributed by atoms with van der Waals surface area (Å²) in [4.78, 5) is 0. The maximum atomic E-state index is 5.41. The van der Waals surface area contributed by atoms with Gasteiger partial charge in [0.25, 0.3) is 0 Å². The third-order valence-corrected chi connectivity index (χ3v) is 1.56. The second kappa shape index (κ2) is 3.02. The quantitative estimate of drug-likeness (QED) is 0.414. The summed E-state index contributed by atoms with van der Waals surface area (Å²) in [6.07, 6.45) is 3.93. The molecule has 1 fully saturated rings. The van der Waals surface area contributed by atoms with Crippen molar-refractivity contribution in [1.29, 1.82) is 0 Å². The molecule has 0 N–H and O–H groups in total. The van der Waals surface area contributed by atoms with Crippen LogP contribution in [0.1, 0.15) is 26.2 Å². The summed E-state index contributed by atoms with van der Waals surface area (Å²) in [6.45, 7) is 6.89. The van der Waals surface area contributed by atoms with Gasteiger partial charge in [0.15, 0.2) is 0 Å². The first-order chi connectivity index (χ1) is 4.34. The molecule has 0 bridgehead atoms. The molecule has 0 aromatic rings. The molecule has 0 heterocycles. The van der Waals surface area contributed by atoms with Gasteiger partial charge in [0.1, 0.15) is 0 Å². The Morgan fingerprint density at radius 2 is 2.44 bits per heavy atom. The summed E-state index contributed by atoms with van der Waals surface area (Å²) >= 11 is 0. The van der Waals surface area contributed by atoms with Gasteiger partial charge in [-0.1, -0.05) is 19.9 Å². The Bertz CT molecular complexity index is 107. The van der Waals surface area contributed by atoms with Gasteiger partial charge in [-0.3, -0.25) is 0 Å². The molecule has 1 aliphatic carbocycles. The topological polar surface area (TPSA) is 9.23 Å². The molecule has 1 saturated carbocycles. The fourth-order valence-corrected chi connectivity index (χ4v) is 0.726. The number of ether oxygens (including phenoxy) is 1. The zero-order valence-corrected chi connectivity index (χ0v) is 6.02. The Labute approximate surface area is 56.7 Å². The van der Waals surface area contributed by atoms with Crippen molar-refractivity contribution in [2.24, 2.45) is 0 Å². The average Bonchev–Trinajstić information content (AvgIpc) is 2.48. The van der Waals surface area contributed by atoms with E-state index < -0.39 is 0 Å². The first-order valence-corrected chi connectivity index (χ1v) is 3.64. The van der Waals surface area contributed by atoms with Crippen molar-refractivity contribution in [2.75, 3.05) is 6.61 Å². The zero-order valence-electron chi connectivity index (χ0n) is 6.02. The van der Waals surface area contributed by atoms with Crippen LogP contribution in [0.4, 0.5) is 0 Å². The standard InChI is InChI=1S/C8H14O/c1-3-4-5-9-8-6-7(8)2/h8H,2-6H2,1H3. The van der Waals surface area contributed by atoms with E-state index in [0.29, 0.717) is 6.10 Å². The van der Waals surface area contributed by atoms with Crippen molar-refractivity contribution in [3.63, 3.8) is 0 Å². The van der Waals surface area contributed by atoms with Crippen LogP contribution in [0.2, 0.25) is 0 Å². The van der Waals surface area contributed by atoms with Gasteiger partial charge >= 0.3 is 0 Å². The number of hydrogen-bond acceptors (Lipinski definition) is 1. The molecule has 0 spiro atoms. The maximum absolute atomic E-state index is 5.41. The van der Waals surface area contributed by atoms with Crippen LogP contribution in [0.5, 0.6) is 0 Å². The van der Waals surface area contributed by atoms with Gasteiger partial charge in [-0.15, -0.1) is 0 Å². The lowest BCUT2D eigenvalue weighted by Gasteiger charge is -1.97. The molecule has 0 aliphatic heterocycles. The van der Waals surface area contributed by atoms with E-state index in [1.807, 2.05) is 0 Å². The summed E-state index contributed by atoms with van der Waals surface area (Å²) in [7, 11) is 0. The van der Waals surface area contributed by atoms with E-state index in [0.717, 1.165) is 13.0 Å². The second-order valence-electron chi connectivity index (χ2n) is 2.58. The Balaban J connectivity index is 1.88. The summed E-state index contributed by atoms with van der Waals surface area (Å²) in [5, 5.41) is 0. The Kier molecular flexibility index (Phi) is 2.29. The van der Waals surface area contributed by atoms with Gasteiger partial charge in [-0.05, 0) is 12.0 Å². The van der Waals surface area contributed by atoms with Crippen molar-refractivity contribution >= 4 is 0 Å². The molecule has 1 nitrogen and oxygen atoms in total. The van der Waals surface area contributed by atoms with E-state index in [4.69, 9.17) is 4.74 Å². The van der Waals surface area contributed by atoms with Gasteiger partial charge in [0.05, 0.1) is 6.10 Å². The molecule has 0 aromatic carbocycles. The Hall–Kier alpha value is -0.300. The lowest BCUT2D eigenvalue weighted by Crippen LogP contribution is -1.95. The monoisotopic (exact) mass is 126 g/mol. The Morgan fingerprint density at radius 3 is 2.89 bits per heavy atom. The largest absolute Gasteiger partial charge is 0.374 e. The molecule has 0 saturated heterocycles. The molecule has 1 heteroatoms. The zero-order chi connectivity index (χ0) is 6.69. The predicted octanol–water partition coefficient (Wildman–Crippen LogP) is 2.13. The average molecular weight is 126 g/mol. The lowest BCUT2D eigenvalue weighted by atomic mass is 10.4. The molecule has 52 valence electrons. The van der Waals surface area contributed by atoms with Gasteiger partial charge in [0.2, 0.25) is 0 Å². The smallest absolute Gasteiger partial charge is 0.0821 e. The van der Waals surface area contributed by atoms with Crippen LogP contribution in [-0.2, 0) is 4.74 Å². The van der Waals surface area contributed by atoms with Crippen molar-refractivity contribution in [1.82, 2.24) is 0 Å². The highest BCUT2D eigenvalue weighted by molar-refractivity contribution is 5.21. The molecule has 9 heavy (non-hydrogen) atoms. The third-order valence-electron chi connectivity index (χ3n) is 1.56. The van der Waals surface area contributed by atoms with Gasteiger partial charge in [-0.25, -0.2) is 0 Å². The number of hydrogen-bond donors (Lipinski definition) is 0. The van der Waals surface area contributed by atoms with E-state index in [2.05, 4.69) is 13.5 Å². The highest BCUT2D eigenvalue weighted by Crippen LogP contribution is 2.30. The van der Waals surface area contributed by atoms with Crippen LogP contribution in [0.3, 0.4) is 0 Å². The SMILES string of the molecule is C=C1CC1OCCCC. The summed E-state index contributed by atoms with van der Waals surface area (Å²) in [5.74, 6) is 0. The van der Waals surface area contributed by atoms with Crippen LogP contribution >= 0.6 is 0 Å². The maximum Gasteiger partial charge on any atom is 0.0821 e. The van der Waals surface area contributed by atoms with Crippen molar-refractivity contribution in [2.45, 2.75) is 32.3 Å². The lowest BCUT2D eigenvalue weighted by molar-refractivity contribution is 0.125. The predicted molar refractivity (Wildman–Crippen MR) is 38.4 cm³/mol. The summed E-state index contributed by atoms with van der Waals surface area (Å²) in [6, 6.07) is 0. The van der Waals surface area contributed by atoms with Gasteiger partial charge in [-0.2, -0.15) is 0 Å². The molecule has 1 aliphatic rings. The minimum Gasteiger partial charge on any atom is -0.374 e. The molecule has 0 aromatic heterocycles. The number of rotatable bonds is 4. The van der Waals surface area contributed by atoms with Crippen molar-refractivity contribution in [3.05, 3.63) is 12.2 Å². The van der Waals surface area contributed by atoms with Crippen molar-refractivity contribution < 1.29 is 4.74 Å². The van der Waals surface area contributed by atoms with Crippen LogP contribution in [0.25, 0.3) is 0 Å². The van der Waals surface area contributed by atoms with Crippen LogP contribution < -0.4 is 0 Å². The minimum atomic E-state index is 0.427. The highest BCUT2D eigenvalue weighted by atomic mass is 16.5. The third kappa shape index (κ3) is 2.19. The molecule has 0 amide bonds. The minimum absolute atomic E-state index is 0.427. The number of unbranched alkanes of at least 4 members (excludes halogenated alkanes) is 1. The normalized spacial score (nSPS) is 24.6. The first-order valence-electron chi connectivity index (χ1n) is 3.64. The fraction of sp³-hybridized carbons (Fsp3) is 0.750. The highest BCUT2D eigenvalue weighted by Gasteiger charge is 2.27. The second-order valence-corrected chi connectivity index (χ2v) is 2.58. The molecule has 1 unspecified atom stereocenters. The van der Waals surface area contributed by atoms with Crippen LogP contribution in [0.15, 0.2) is 12.2 Å². The van der Waals surface area contributed by atoms with E-state index >= 15 is 0 Å². The molecule has 1 atom stereocenters.